The van der Waals surface area contributed by atoms with Gasteiger partial charge in [0.05, 0.1) is 11.8 Å². The van der Waals surface area contributed by atoms with Gasteiger partial charge in [0, 0.05) is 32.8 Å². The van der Waals surface area contributed by atoms with Gasteiger partial charge in [-0.3, -0.25) is 4.68 Å². The Morgan fingerprint density at radius 1 is 1.28 bits per heavy atom. The van der Waals surface area contributed by atoms with Gasteiger partial charge in [-0.2, -0.15) is 5.10 Å². The lowest BCUT2D eigenvalue weighted by molar-refractivity contribution is 0.175. The minimum Gasteiger partial charge on any atom is -0.387 e. The highest BCUT2D eigenvalue weighted by Crippen LogP contribution is 2.10. The first-order chi connectivity index (χ1) is 8.75. The summed E-state index contributed by atoms with van der Waals surface area (Å²) in [6.07, 6.45) is 2.37. The average Bonchev–Trinajstić information content (AvgIpc) is 2.81. The molecule has 1 heterocycles. The smallest absolute Gasteiger partial charge is 0.0914 e. The standard InChI is InChI=1S/C14H19N3O/c1-17-10-8-13(16-17)7-9-15-11-14(18)12-5-3-2-4-6-12/h2-6,8,10,14-15,18H,7,9,11H2,1H3. The van der Waals surface area contributed by atoms with Crippen LogP contribution in [0.3, 0.4) is 0 Å². The first-order valence-electron chi connectivity index (χ1n) is 6.18. The number of nitrogens with one attached hydrogen (secondary N) is 1. The third-order valence-corrected chi connectivity index (χ3v) is 2.85. The highest BCUT2D eigenvalue weighted by molar-refractivity contribution is 5.17. The summed E-state index contributed by atoms with van der Waals surface area (Å²) in [5.74, 6) is 0. The Labute approximate surface area is 107 Å². The van der Waals surface area contributed by atoms with Crippen LogP contribution >= 0.6 is 0 Å². The molecule has 0 saturated heterocycles. The summed E-state index contributed by atoms with van der Waals surface area (Å²) in [4.78, 5) is 0. The average molecular weight is 245 g/mol. The van der Waals surface area contributed by atoms with E-state index in [0.29, 0.717) is 6.54 Å². The third kappa shape index (κ3) is 3.68. The van der Waals surface area contributed by atoms with E-state index < -0.39 is 6.10 Å². The third-order valence-electron chi connectivity index (χ3n) is 2.85. The molecule has 0 aliphatic heterocycles. The Balaban J connectivity index is 1.69. The van der Waals surface area contributed by atoms with Crippen molar-refractivity contribution < 1.29 is 5.11 Å². The van der Waals surface area contributed by atoms with Crippen LogP contribution in [0.15, 0.2) is 42.6 Å². The summed E-state index contributed by atoms with van der Waals surface area (Å²) >= 11 is 0. The number of benzene rings is 1. The Morgan fingerprint density at radius 3 is 2.72 bits per heavy atom. The molecular formula is C14H19N3O. The predicted molar refractivity (Wildman–Crippen MR) is 71.2 cm³/mol. The number of aliphatic hydroxyl groups excluding tert-OH is 1. The van der Waals surface area contributed by atoms with Crippen molar-refractivity contribution in [2.45, 2.75) is 12.5 Å². The maximum atomic E-state index is 9.94. The van der Waals surface area contributed by atoms with E-state index in [9.17, 15) is 5.11 Å². The first-order valence-corrected chi connectivity index (χ1v) is 6.18. The van der Waals surface area contributed by atoms with Gasteiger partial charge in [0.25, 0.3) is 0 Å². The molecule has 2 aromatic rings. The van der Waals surface area contributed by atoms with Crippen LogP contribution in [0.1, 0.15) is 17.4 Å². The van der Waals surface area contributed by atoms with Crippen LogP contribution in [0.25, 0.3) is 0 Å². The van der Waals surface area contributed by atoms with Crippen LogP contribution < -0.4 is 5.32 Å². The molecule has 0 fully saturated rings. The van der Waals surface area contributed by atoms with Gasteiger partial charge >= 0.3 is 0 Å². The van der Waals surface area contributed by atoms with E-state index in [2.05, 4.69) is 10.4 Å². The van der Waals surface area contributed by atoms with Gasteiger partial charge in [-0.15, -0.1) is 0 Å². The second kappa shape index (κ2) is 6.33. The van der Waals surface area contributed by atoms with E-state index in [1.807, 2.05) is 49.6 Å². The maximum absolute atomic E-state index is 9.94. The molecule has 0 bridgehead atoms. The molecule has 0 aliphatic rings. The largest absolute Gasteiger partial charge is 0.387 e. The molecule has 1 atom stereocenters. The van der Waals surface area contributed by atoms with Crippen molar-refractivity contribution in [3.05, 3.63) is 53.9 Å². The molecule has 0 spiro atoms. The number of hydrogen-bond acceptors (Lipinski definition) is 3. The molecule has 1 aromatic heterocycles. The molecule has 2 rings (SSSR count). The Morgan fingerprint density at radius 2 is 2.06 bits per heavy atom. The van der Waals surface area contributed by atoms with E-state index in [-0.39, 0.29) is 0 Å². The van der Waals surface area contributed by atoms with Crippen molar-refractivity contribution in [3.63, 3.8) is 0 Å². The molecule has 18 heavy (non-hydrogen) atoms. The summed E-state index contributed by atoms with van der Waals surface area (Å²) in [6.45, 7) is 1.39. The van der Waals surface area contributed by atoms with Gasteiger partial charge in [0.1, 0.15) is 0 Å². The van der Waals surface area contributed by atoms with E-state index in [1.54, 1.807) is 4.68 Å². The van der Waals surface area contributed by atoms with E-state index in [1.165, 1.54) is 0 Å². The van der Waals surface area contributed by atoms with Crippen LogP contribution in [-0.2, 0) is 13.5 Å². The van der Waals surface area contributed by atoms with Gasteiger partial charge in [-0.25, -0.2) is 0 Å². The lowest BCUT2D eigenvalue weighted by Gasteiger charge is -2.11. The molecule has 0 radical (unpaired) electrons. The number of hydrogen-bond donors (Lipinski definition) is 2. The lowest BCUT2D eigenvalue weighted by Crippen LogP contribution is -2.23. The summed E-state index contributed by atoms with van der Waals surface area (Å²) in [5.41, 5.74) is 2.02. The van der Waals surface area contributed by atoms with Crippen molar-refractivity contribution in [1.82, 2.24) is 15.1 Å². The second-order valence-corrected chi connectivity index (χ2v) is 4.36. The normalized spacial score (nSPS) is 12.6. The van der Waals surface area contributed by atoms with Gasteiger partial charge in [-0.05, 0) is 11.6 Å². The minimum atomic E-state index is -0.449. The highest BCUT2D eigenvalue weighted by atomic mass is 16.3. The fourth-order valence-electron chi connectivity index (χ4n) is 1.84. The minimum absolute atomic E-state index is 0.449. The Hall–Kier alpha value is -1.65. The number of aromatic nitrogens is 2. The fourth-order valence-corrected chi connectivity index (χ4v) is 1.84. The van der Waals surface area contributed by atoms with Gasteiger partial charge < -0.3 is 10.4 Å². The molecule has 0 aliphatic carbocycles. The molecule has 1 aromatic carbocycles. The van der Waals surface area contributed by atoms with Crippen molar-refractivity contribution in [3.8, 4) is 0 Å². The Bertz CT molecular complexity index is 467. The monoisotopic (exact) mass is 245 g/mol. The fraction of sp³-hybridized carbons (Fsp3) is 0.357. The van der Waals surface area contributed by atoms with Crippen LogP contribution in [0.5, 0.6) is 0 Å². The van der Waals surface area contributed by atoms with Crippen LogP contribution in [0.2, 0.25) is 0 Å². The number of rotatable bonds is 6. The van der Waals surface area contributed by atoms with E-state index >= 15 is 0 Å². The topological polar surface area (TPSA) is 50.1 Å². The zero-order valence-electron chi connectivity index (χ0n) is 10.6. The summed E-state index contributed by atoms with van der Waals surface area (Å²) in [7, 11) is 1.91. The van der Waals surface area contributed by atoms with Crippen molar-refractivity contribution >= 4 is 0 Å². The van der Waals surface area contributed by atoms with Crippen LogP contribution in [0, 0.1) is 0 Å². The summed E-state index contributed by atoms with van der Waals surface area (Å²) < 4.78 is 1.80. The molecule has 0 amide bonds. The quantitative estimate of drug-likeness (QED) is 0.754. The zero-order chi connectivity index (χ0) is 12.8. The van der Waals surface area contributed by atoms with E-state index in [0.717, 1.165) is 24.2 Å². The molecule has 4 heteroatoms. The lowest BCUT2D eigenvalue weighted by atomic mass is 10.1. The van der Waals surface area contributed by atoms with Crippen molar-refractivity contribution in [2.75, 3.05) is 13.1 Å². The van der Waals surface area contributed by atoms with Gasteiger partial charge in [-0.1, -0.05) is 30.3 Å². The second-order valence-electron chi connectivity index (χ2n) is 4.36. The van der Waals surface area contributed by atoms with Gasteiger partial charge in [0.2, 0.25) is 0 Å². The molecule has 2 N–H and O–H groups in total. The zero-order valence-corrected chi connectivity index (χ0v) is 10.6. The Kier molecular flexibility index (Phi) is 4.50. The summed E-state index contributed by atoms with van der Waals surface area (Å²) in [6, 6.07) is 11.7. The molecule has 4 nitrogen and oxygen atoms in total. The molecule has 96 valence electrons. The molecule has 0 saturated carbocycles. The maximum Gasteiger partial charge on any atom is 0.0914 e. The van der Waals surface area contributed by atoms with E-state index in [4.69, 9.17) is 0 Å². The molecule has 1 unspecified atom stereocenters. The first kappa shape index (κ1) is 12.8. The van der Waals surface area contributed by atoms with Crippen LogP contribution in [-0.4, -0.2) is 28.0 Å². The van der Waals surface area contributed by atoms with Gasteiger partial charge in [0.15, 0.2) is 0 Å². The molecular weight excluding hydrogens is 226 g/mol. The van der Waals surface area contributed by atoms with Crippen molar-refractivity contribution in [1.29, 1.82) is 0 Å². The van der Waals surface area contributed by atoms with Crippen molar-refractivity contribution in [2.24, 2.45) is 7.05 Å². The predicted octanol–water partition coefficient (Wildman–Crippen LogP) is 1.29. The summed E-state index contributed by atoms with van der Waals surface area (Å²) in [5, 5.41) is 17.5. The number of nitrogens with zero attached hydrogens (tertiary/aromatic N) is 2. The highest BCUT2D eigenvalue weighted by Gasteiger charge is 2.05. The number of aliphatic hydroxyl groups is 1. The van der Waals surface area contributed by atoms with Crippen LogP contribution in [0.4, 0.5) is 0 Å². The SMILES string of the molecule is Cn1ccc(CCNCC(O)c2ccccc2)n1. The number of aryl methyl sites for hydroxylation is 1.